The summed E-state index contributed by atoms with van der Waals surface area (Å²) in [6.07, 6.45) is 1.33. The number of hydrogen-bond acceptors (Lipinski definition) is 2. The Kier molecular flexibility index (Phi) is 6.11. The minimum Gasteiger partial charge on any atom is -0.355 e. The molecule has 4 heteroatoms. The molecule has 0 aromatic carbocycles. The minimum atomic E-state index is 0.180. The summed E-state index contributed by atoms with van der Waals surface area (Å²) >= 11 is 0. The van der Waals surface area contributed by atoms with Gasteiger partial charge in [0, 0.05) is 38.8 Å². The Bertz CT molecular complexity index is 283. The van der Waals surface area contributed by atoms with Crippen molar-refractivity contribution in [2.24, 2.45) is 16.8 Å². The fourth-order valence-electron chi connectivity index (χ4n) is 2.78. The lowest BCUT2D eigenvalue weighted by Crippen LogP contribution is -2.50. The highest BCUT2D eigenvalue weighted by Gasteiger charge is 2.23. The van der Waals surface area contributed by atoms with Crippen molar-refractivity contribution in [3.63, 3.8) is 0 Å². The first-order valence-electron chi connectivity index (χ1n) is 7.52. The zero-order chi connectivity index (χ0) is 14.5. The van der Waals surface area contributed by atoms with Crippen molar-refractivity contribution in [2.45, 2.75) is 46.6 Å². The zero-order valence-electron chi connectivity index (χ0n) is 13.6. The van der Waals surface area contributed by atoms with Gasteiger partial charge in [-0.15, -0.1) is 0 Å². The molecule has 1 fully saturated rings. The molecule has 1 aliphatic heterocycles. The van der Waals surface area contributed by atoms with Crippen LogP contribution in [0.25, 0.3) is 0 Å². The first-order valence-corrected chi connectivity index (χ1v) is 7.52. The molecular formula is C15H32N4. The molecule has 0 radical (unpaired) electrons. The first-order chi connectivity index (χ1) is 8.81. The summed E-state index contributed by atoms with van der Waals surface area (Å²) in [6, 6.07) is 0. The van der Waals surface area contributed by atoms with E-state index >= 15 is 0 Å². The molecule has 0 aliphatic carbocycles. The van der Waals surface area contributed by atoms with Crippen LogP contribution >= 0.6 is 0 Å². The van der Waals surface area contributed by atoms with E-state index in [1.54, 1.807) is 0 Å². The van der Waals surface area contributed by atoms with Gasteiger partial charge in [-0.1, -0.05) is 13.8 Å². The average molecular weight is 268 g/mol. The summed E-state index contributed by atoms with van der Waals surface area (Å²) in [5, 5.41) is 6.95. The summed E-state index contributed by atoms with van der Waals surface area (Å²) in [5.74, 6) is 2.57. The maximum atomic E-state index is 4.42. The van der Waals surface area contributed by atoms with Crippen molar-refractivity contribution in [2.75, 3.05) is 33.2 Å². The molecule has 4 nitrogen and oxygen atoms in total. The highest BCUT2D eigenvalue weighted by atomic mass is 15.3. The molecule has 2 unspecified atom stereocenters. The highest BCUT2D eigenvalue weighted by molar-refractivity contribution is 5.80. The molecule has 1 rings (SSSR count). The maximum Gasteiger partial charge on any atom is 0.193 e. The van der Waals surface area contributed by atoms with Crippen LogP contribution < -0.4 is 10.6 Å². The van der Waals surface area contributed by atoms with Crippen molar-refractivity contribution >= 4 is 5.96 Å². The van der Waals surface area contributed by atoms with Gasteiger partial charge in [0.25, 0.3) is 0 Å². The van der Waals surface area contributed by atoms with E-state index < -0.39 is 0 Å². The second-order valence-electron chi connectivity index (χ2n) is 7.00. The van der Waals surface area contributed by atoms with Crippen LogP contribution in [-0.2, 0) is 0 Å². The lowest BCUT2D eigenvalue weighted by Gasteiger charge is -2.37. The van der Waals surface area contributed by atoms with Gasteiger partial charge in [0.1, 0.15) is 0 Å². The Hall–Kier alpha value is -0.770. The van der Waals surface area contributed by atoms with Gasteiger partial charge in [-0.05, 0) is 39.0 Å². The normalized spacial score (nSPS) is 25.6. The predicted molar refractivity (Wildman–Crippen MR) is 83.6 cm³/mol. The highest BCUT2D eigenvalue weighted by Crippen LogP contribution is 2.20. The number of aliphatic imine (C=N–C) groups is 1. The lowest BCUT2D eigenvalue weighted by atomic mass is 9.92. The van der Waals surface area contributed by atoms with Crippen molar-refractivity contribution in [1.82, 2.24) is 15.5 Å². The third-order valence-corrected chi connectivity index (χ3v) is 3.44. The number of nitrogens with zero attached hydrogens (tertiary/aromatic N) is 2. The van der Waals surface area contributed by atoms with Gasteiger partial charge in [-0.2, -0.15) is 0 Å². The van der Waals surface area contributed by atoms with Crippen molar-refractivity contribution in [3.05, 3.63) is 0 Å². The fourth-order valence-corrected chi connectivity index (χ4v) is 2.78. The second-order valence-corrected chi connectivity index (χ2v) is 7.00. The van der Waals surface area contributed by atoms with Crippen LogP contribution in [0.2, 0.25) is 0 Å². The molecule has 1 aliphatic rings. The summed E-state index contributed by atoms with van der Waals surface area (Å²) in [7, 11) is 1.88. The van der Waals surface area contributed by atoms with Crippen LogP contribution in [0, 0.1) is 11.8 Å². The Balaban J connectivity index is 2.37. The van der Waals surface area contributed by atoms with Crippen LogP contribution in [0.1, 0.15) is 41.0 Å². The van der Waals surface area contributed by atoms with E-state index in [4.69, 9.17) is 0 Å². The molecule has 0 bridgehead atoms. The van der Waals surface area contributed by atoms with Crippen molar-refractivity contribution in [1.29, 1.82) is 0 Å². The van der Waals surface area contributed by atoms with Gasteiger partial charge < -0.3 is 15.5 Å². The van der Waals surface area contributed by atoms with E-state index in [-0.39, 0.29) is 5.54 Å². The van der Waals surface area contributed by atoms with Crippen molar-refractivity contribution < 1.29 is 0 Å². The molecule has 112 valence electrons. The molecule has 1 heterocycles. The minimum absolute atomic E-state index is 0.180. The molecule has 0 aromatic rings. The van der Waals surface area contributed by atoms with E-state index in [0.29, 0.717) is 0 Å². The Morgan fingerprint density at radius 2 is 1.74 bits per heavy atom. The van der Waals surface area contributed by atoms with Crippen molar-refractivity contribution in [3.8, 4) is 0 Å². The first kappa shape index (κ1) is 16.3. The van der Waals surface area contributed by atoms with Crippen LogP contribution in [0.5, 0.6) is 0 Å². The van der Waals surface area contributed by atoms with E-state index in [9.17, 15) is 0 Å². The van der Waals surface area contributed by atoms with Gasteiger partial charge in [-0.3, -0.25) is 4.99 Å². The molecule has 2 atom stereocenters. The Morgan fingerprint density at radius 3 is 2.21 bits per heavy atom. The van der Waals surface area contributed by atoms with E-state index in [1.165, 1.54) is 6.42 Å². The predicted octanol–water partition coefficient (Wildman–Crippen LogP) is 1.93. The maximum absolute atomic E-state index is 4.42. The zero-order valence-corrected chi connectivity index (χ0v) is 13.6. The van der Waals surface area contributed by atoms with Gasteiger partial charge in [0.05, 0.1) is 0 Å². The van der Waals surface area contributed by atoms with Crippen LogP contribution in [0.15, 0.2) is 4.99 Å². The number of guanidine groups is 1. The summed E-state index contributed by atoms with van der Waals surface area (Å²) < 4.78 is 0. The molecule has 19 heavy (non-hydrogen) atoms. The molecular weight excluding hydrogens is 236 g/mol. The van der Waals surface area contributed by atoms with Gasteiger partial charge in [-0.25, -0.2) is 0 Å². The molecule has 0 spiro atoms. The van der Waals surface area contributed by atoms with Crippen LogP contribution in [-0.4, -0.2) is 49.6 Å². The fraction of sp³-hybridized carbons (Fsp3) is 0.933. The largest absolute Gasteiger partial charge is 0.355 e. The second kappa shape index (κ2) is 7.13. The Morgan fingerprint density at radius 1 is 1.16 bits per heavy atom. The van der Waals surface area contributed by atoms with E-state index in [0.717, 1.165) is 44.0 Å². The quantitative estimate of drug-likeness (QED) is 0.467. The third-order valence-electron chi connectivity index (χ3n) is 3.44. The monoisotopic (exact) mass is 268 g/mol. The van der Waals surface area contributed by atoms with Crippen LogP contribution in [0.4, 0.5) is 0 Å². The molecule has 2 N–H and O–H groups in total. The smallest absolute Gasteiger partial charge is 0.193 e. The summed E-state index contributed by atoms with van der Waals surface area (Å²) in [4.78, 5) is 6.82. The molecule has 0 saturated carbocycles. The van der Waals surface area contributed by atoms with E-state index in [2.05, 4.69) is 55.1 Å². The average Bonchev–Trinajstić information content (AvgIpc) is 2.26. The standard InChI is InChI=1S/C15H32N4/c1-12-9-13(2)11-19(10-12)14(16-6)17-7-8-18-15(3,4)5/h12-13,18H,7-11H2,1-6H3,(H,16,17). The number of piperidine rings is 1. The molecule has 0 amide bonds. The SMILES string of the molecule is CN=C(NCCNC(C)(C)C)N1CC(C)CC(C)C1. The van der Waals surface area contributed by atoms with Gasteiger partial charge in [0.2, 0.25) is 0 Å². The summed E-state index contributed by atoms with van der Waals surface area (Å²) in [6.45, 7) is 15.4. The van der Waals surface area contributed by atoms with Crippen LogP contribution in [0.3, 0.4) is 0 Å². The van der Waals surface area contributed by atoms with E-state index in [1.807, 2.05) is 7.05 Å². The number of likely N-dealkylation sites (tertiary alicyclic amines) is 1. The number of nitrogens with one attached hydrogen (secondary N) is 2. The molecule has 1 saturated heterocycles. The number of hydrogen-bond donors (Lipinski definition) is 2. The Labute approximate surface area is 119 Å². The lowest BCUT2D eigenvalue weighted by molar-refractivity contribution is 0.208. The molecule has 0 aromatic heterocycles. The number of rotatable bonds is 3. The van der Waals surface area contributed by atoms with Gasteiger partial charge >= 0.3 is 0 Å². The third kappa shape index (κ3) is 6.28. The summed E-state index contributed by atoms with van der Waals surface area (Å²) in [5.41, 5.74) is 0.180. The topological polar surface area (TPSA) is 39.7 Å². The van der Waals surface area contributed by atoms with Gasteiger partial charge in [0.15, 0.2) is 5.96 Å².